The van der Waals surface area contributed by atoms with Crippen LogP contribution in [-0.4, -0.2) is 84.0 Å². The van der Waals surface area contributed by atoms with Crippen molar-refractivity contribution in [1.82, 2.24) is 20.0 Å². The van der Waals surface area contributed by atoms with Crippen LogP contribution in [0.25, 0.3) is 0 Å². The minimum atomic E-state index is -0.470. The van der Waals surface area contributed by atoms with E-state index in [0.29, 0.717) is 58.8 Å². The number of rotatable bonds is 4. The third kappa shape index (κ3) is 4.43. The molecule has 0 saturated carbocycles. The van der Waals surface area contributed by atoms with Crippen LogP contribution >= 0.6 is 0 Å². The van der Waals surface area contributed by atoms with E-state index >= 15 is 0 Å². The highest BCUT2D eigenvalue weighted by molar-refractivity contribution is 5.92. The molecular formula is C22H30N4O4. The molecule has 3 aliphatic rings. The Labute approximate surface area is 177 Å². The van der Waals surface area contributed by atoms with E-state index in [1.54, 1.807) is 14.7 Å². The van der Waals surface area contributed by atoms with Gasteiger partial charge in [-0.25, -0.2) is 4.79 Å². The molecule has 3 aliphatic heterocycles. The summed E-state index contributed by atoms with van der Waals surface area (Å²) in [6.45, 7) is 3.80. The van der Waals surface area contributed by atoms with Gasteiger partial charge in [-0.15, -0.1) is 0 Å². The van der Waals surface area contributed by atoms with Crippen LogP contribution in [0.4, 0.5) is 4.79 Å². The molecule has 0 bridgehead atoms. The molecule has 0 radical (unpaired) electrons. The molecule has 3 saturated heterocycles. The summed E-state index contributed by atoms with van der Waals surface area (Å²) in [7, 11) is 0. The van der Waals surface area contributed by atoms with Crippen LogP contribution in [-0.2, 0) is 20.9 Å². The molecule has 4 rings (SSSR count). The van der Waals surface area contributed by atoms with E-state index < -0.39 is 12.1 Å². The minimum Gasteiger partial charge on any atom is -0.378 e. The molecule has 8 nitrogen and oxygen atoms in total. The molecule has 30 heavy (non-hydrogen) atoms. The van der Waals surface area contributed by atoms with Crippen LogP contribution in [0.15, 0.2) is 30.3 Å². The number of hydrogen-bond donors (Lipinski definition) is 1. The van der Waals surface area contributed by atoms with Crippen molar-refractivity contribution in [3.8, 4) is 0 Å². The van der Waals surface area contributed by atoms with Crippen molar-refractivity contribution in [2.24, 2.45) is 0 Å². The number of morpholine rings is 1. The lowest BCUT2D eigenvalue weighted by atomic mass is 10.1. The number of likely N-dealkylation sites (tertiary alicyclic amines) is 2. The lowest BCUT2D eigenvalue weighted by Crippen LogP contribution is -2.56. The summed E-state index contributed by atoms with van der Waals surface area (Å²) in [5.41, 5.74) is 1.03. The SMILES string of the molecule is O=C(NCc1ccccc1)[C@H]1CCCN1C(=O)[C@H]1CCCN1C(=O)N1CCOCC1. The maximum absolute atomic E-state index is 13.3. The number of benzene rings is 1. The molecule has 1 aromatic carbocycles. The Balaban J connectivity index is 1.38. The number of ether oxygens (including phenoxy) is 1. The minimum absolute atomic E-state index is 0.0848. The topological polar surface area (TPSA) is 82.2 Å². The summed E-state index contributed by atoms with van der Waals surface area (Å²) >= 11 is 0. The molecule has 0 unspecified atom stereocenters. The van der Waals surface area contributed by atoms with Gasteiger partial charge in [-0.3, -0.25) is 9.59 Å². The molecule has 162 valence electrons. The molecule has 0 aliphatic carbocycles. The molecule has 3 fully saturated rings. The normalized spacial score (nSPS) is 24.2. The Morgan fingerprint density at radius 3 is 2.30 bits per heavy atom. The fraction of sp³-hybridized carbons (Fsp3) is 0.591. The fourth-order valence-corrected chi connectivity index (χ4v) is 4.59. The fourth-order valence-electron chi connectivity index (χ4n) is 4.59. The highest BCUT2D eigenvalue weighted by Crippen LogP contribution is 2.26. The number of carbonyl (C=O) groups is 3. The molecule has 0 spiro atoms. The van der Waals surface area contributed by atoms with E-state index in [9.17, 15) is 14.4 Å². The summed E-state index contributed by atoms with van der Waals surface area (Å²) in [6, 6.07) is 8.73. The average Bonchev–Trinajstić information content (AvgIpc) is 3.48. The van der Waals surface area contributed by atoms with Crippen LogP contribution in [0.2, 0.25) is 0 Å². The zero-order valence-electron chi connectivity index (χ0n) is 17.3. The summed E-state index contributed by atoms with van der Waals surface area (Å²) < 4.78 is 5.33. The van der Waals surface area contributed by atoms with Gasteiger partial charge in [0.1, 0.15) is 12.1 Å². The molecule has 1 aromatic rings. The van der Waals surface area contributed by atoms with Gasteiger partial charge in [-0.05, 0) is 31.2 Å². The Morgan fingerprint density at radius 1 is 0.900 bits per heavy atom. The number of nitrogens with one attached hydrogen (secondary N) is 1. The average molecular weight is 415 g/mol. The number of nitrogens with zero attached hydrogens (tertiary/aromatic N) is 3. The molecule has 0 aromatic heterocycles. The maximum Gasteiger partial charge on any atom is 0.320 e. The Kier molecular flexibility index (Phi) is 6.52. The van der Waals surface area contributed by atoms with Gasteiger partial charge in [0.05, 0.1) is 13.2 Å². The zero-order valence-corrected chi connectivity index (χ0v) is 17.3. The monoisotopic (exact) mass is 414 g/mol. The predicted molar refractivity (Wildman–Crippen MR) is 111 cm³/mol. The third-order valence-corrected chi connectivity index (χ3v) is 6.21. The second kappa shape index (κ2) is 9.47. The van der Waals surface area contributed by atoms with Gasteiger partial charge < -0.3 is 24.8 Å². The molecule has 3 heterocycles. The standard InChI is InChI=1S/C22H30N4O4/c27-20(23-16-17-6-2-1-3-7-17)18-8-4-10-25(18)21(28)19-9-5-11-26(19)22(29)24-12-14-30-15-13-24/h1-3,6-7,18-19H,4-5,8-16H2,(H,23,27)/t18-,19-/m1/s1. The zero-order chi connectivity index (χ0) is 20.9. The summed E-state index contributed by atoms with van der Waals surface area (Å²) in [5.74, 6) is -0.208. The van der Waals surface area contributed by atoms with Gasteiger partial charge in [-0.1, -0.05) is 30.3 Å². The van der Waals surface area contributed by atoms with Gasteiger partial charge in [0, 0.05) is 32.7 Å². The molecule has 1 N–H and O–H groups in total. The van der Waals surface area contributed by atoms with Crippen LogP contribution in [0, 0.1) is 0 Å². The Hall–Kier alpha value is -2.61. The largest absolute Gasteiger partial charge is 0.378 e. The van der Waals surface area contributed by atoms with Gasteiger partial charge in [0.2, 0.25) is 11.8 Å². The lowest BCUT2D eigenvalue weighted by molar-refractivity contribution is -0.141. The number of urea groups is 1. The van der Waals surface area contributed by atoms with Gasteiger partial charge in [0.15, 0.2) is 0 Å². The second-order valence-electron chi connectivity index (χ2n) is 8.13. The number of amides is 4. The summed E-state index contributed by atoms with van der Waals surface area (Å²) in [4.78, 5) is 44.3. The van der Waals surface area contributed by atoms with E-state index in [2.05, 4.69) is 5.32 Å². The van der Waals surface area contributed by atoms with Crippen molar-refractivity contribution in [2.75, 3.05) is 39.4 Å². The first-order chi connectivity index (χ1) is 14.6. The van der Waals surface area contributed by atoms with Crippen molar-refractivity contribution in [1.29, 1.82) is 0 Å². The highest BCUT2D eigenvalue weighted by Gasteiger charge is 2.43. The van der Waals surface area contributed by atoms with Gasteiger partial charge in [0.25, 0.3) is 0 Å². The van der Waals surface area contributed by atoms with Crippen molar-refractivity contribution >= 4 is 17.8 Å². The second-order valence-corrected chi connectivity index (χ2v) is 8.13. The molecule has 8 heteroatoms. The third-order valence-electron chi connectivity index (χ3n) is 6.21. The van der Waals surface area contributed by atoms with Crippen molar-refractivity contribution in [3.05, 3.63) is 35.9 Å². The van der Waals surface area contributed by atoms with Crippen molar-refractivity contribution in [2.45, 2.75) is 44.3 Å². The Bertz CT molecular complexity index is 766. The van der Waals surface area contributed by atoms with E-state index in [1.807, 2.05) is 30.3 Å². The van der Waals surface area contributed by atoms with Crippen LogP contribution in [0.1, 0.15) is 31.2 Å². The van der Waals surface area contributed by atoms with Crippen LogP contribution in [0.3, 0.4) is 0 Å². The van der Waals surface area contributed by atoms with E-state index in [0.717, 1.165) is 18.4 Å². The van der Waals surface area contributed by atoms with Gasteiger partial charge >= 0.3 is 6.03 Å². The van der Waals surface area contributed by atoms with Crippen molar-refractivity contribution in [3.63, 3.8) is 0 Å². The first-order valence-corrected chi connectivity index (χ1v) is 10.9. The number of carbonyl (C=O) groups excluding carboxylic acids is 3. The predicted octanol–water partition coefficient (Wildman–Crippen LogP) is 1.21. The summed E-state index contributed by atoms with van der Waals surface area (Å²) in [5, 5.41) is 2.97. The van der Waals surface area contributed by atoms with E-state index in [1.165, 1.54) is 0 Å². The van der Waals surface area contributed by atoms with E-state index in [-0.39, 0.29) is 17.8 Å². The lowest BCUT2D eigenvalue weighted by Gasteiger charge is -2.35. The molecular weight excluding hydrogens is 384 g/mol. The highest BCUT2D eigenvalue weighted by atomic mass is 16.5. The van der Waals surface area contributed by atoms with Crippen LogP contribution in [0.5, 0.6) is 0 Å². The maximum atomic E-state index is 13.3. The van der Waals surface area contributed by atoms with Gasteiger partial charge in [-0.2, -0.15) is 0 Å². The smallest absolute Gasteiger partial charge is 0.320 e. The first kappa shape index (κ1) is 20.7. The first-order valence-electron chi connectivity index (χ1n) is 10.9. The molecule has 4 amide bonds. The molecule has 2 atom stereocenters. The van der Waals surface area contributed by atoms with Crippen molar-refractivity contribution < 1.29 is 19.1 Å². The Morgan fingerprint density at radius 2 is 1.57 bits per heavy atom. The van der Waals surface area contributed by atoms with E-state index in [4.69, 9.17) is 4.74 Å². The van der Waals surface area contributed by atoms with Crippen LogP contribution < -0.4 is 5.32 Å². The number of hydrogen-bond acceptors (Lipinski definition) is 4. The summed E-state index contributed by atoms with van der Waals surface area (Å²) in [6.07, 6.45) is 2.94. The quantitative estimate of drug-likeness (QED) is 0.803.